The van der Waals surface area contributed by atoms with Gasteiger partial charge in [0.1, 0.15) is 18.3 Å². The van der Waals surface area contributed by atoms with Crippen molar-refractivity contribution in [2.45, 2.75) is 76.4 Å². The third kappa shape index (κ3) is 5.33. The highest BCUT2D eigenvalue weighted by Crippen LogP contribution is 2.44. The molecule has 5 atom stereocenters. The molecular weight excluding hydrogens is 434 g/mol. The van der Waals surface area contributed by atoms with Crippen LogP contribution in [0.3, 0.4) is 0 Å². The van der Waals surface area contributed by atoms with Crippen molar-refractivity contribution in [3.63, 3.8) is 0 Å². The summed E-state index contributed by atoms with van der Waals surface area (Å²) >= 11 is 0. The van der Waals surface area contributed by atoms with Gasteiger partial charge in [-0.2, -0.15) is 0 Å². The zero-order valence-corrected chi connectivity index (χ0v) is 19.0. The molecule has 0 unspecified atom stereocenters. The average molecular weight is 463 g/mol. The number of benzene rings is 1. The predicted octanol–water partition coefficient (Wildman–Crippen LogP) is 0.350. The van der Waals surface area contributed by atoms with Gasteiger partial charge in [-0.1, -0.05) is 18.2 Å². The summed E-state index contributed by atoms with van der Waals surface area (Å²) in [6.45, 7) is 7.08. The lowest BCUT2D eigenvalue weighted by atomic mass is 9.98. The van der Waals surface area contributed by atoms with Crippen LogP contribution in [0.25, 0.3) is 0 Å². The Labute approximate surface area is 191 Å². The van der Waals surface area contributed by atoms with Crippen molar-refractivity contribution in [2.75, 3.05) is 6.54 Å². The van der Waals surface area contributed by atoms with Crippen molar-refractivity contribution in [2.24, 2.45) is 0 Å². The normalized spacial score (nSPS) is 31.2. The second-order valence-electron chi connectivity index (χ2n) is 9.00. The lowest BCUT2D eigenvalue weighted by Gasteiger charge is -2.36. The summed E-state index contributed by atoms with van der Waals surface area (Å²) in [4.78, 5) is 37.0. The number of hydrogen-bond acceptors (Lipinski definition) is 8. The van der Waals surface area contributed by atoms with E-state index in [1.165, 1.54) is 0 Å². The minimum absolute atomic E-state index is 0.0289. The molecule has 4 rings (SSSR count). The summed E-state index contributed by atoms with van der Waals surface area (Å²) in [6, 6.07) is 8.66. The molecular formula is C22H29N3O8. The fourth-order valence-electron chi connectivity index (χ4n) is 4.07. The fraction of sp³-hybridized carbons (Fsp3) is 0.591. The van der Waals surface area contributed by atoms with Gasteiger partial charge in [0, 0.05) is 18.5 Å². The highest BCUT2D eigenvalue weighted by molar-refractivity contribution is 5.94. The van der Waals surface area contributed by atoms with Crippen LogP contribution in [0.4, 0.5) is 0 Å². The topological polar surface area (TPSA) is 133 Å². The molecule has 33 heavy (non-hydrogen) atoms. The van der Waals surface area contributed by atoms with Crippen molar-refractivity contribution in [1.82, 2.24) is 16.2 Å². The first kappa shape index (κ1) is 23.6. The molecule has 0 radical (unpaired) electrons. The Morgan fingerprint density at radius 2 is 1.48 bits per heavy atom. The lowest BCUT2D eigenvalue weighted by molar-refractivity contribution is -0.231. The molecule has 1 aromatic carbocycles. The van der Waals surface area contributed by atoms with Gasteiger partial charge in [-0.25, -0.2) is 0 Å². The quantitative estimate of drug-likeness (QED) is 0.533. The molecule has 180 valence electrons. The minimum atomic E-state index is -1.09. The summed E-state index contributed by atoms with van der Waals surface area (Å²) in [5, 5.41) is 2.65. The molecule has 3 saturated heterocycles. The van der Waals surface area contributed by atoms with Crippen molar-refractivity contribution < 1.29 is 38.1 Å². The van der Waals surface area contributed by atoms with Crippen LogP contribution in [0, 0.1) is 0 Å². The first-order chi connectivity index (χ1) is 15.5. The number of amides is 3. The van der Waals surface area contributed by atoms with E-state index >= 15 is 0 Å². The highest BCUT2D eigenvalue weighted by atomic mass is 16.9. The Hall–Kier alpha value is -2.57. The maximum Gasteiger partial charge on any atom is 0.270 e. The average Bonchev–Trinajstić information content (AvgIpc) is 3.25. The van der Waals surface area contributed by atoms with Gasteiger partial charge in [-0.05, 0) is 39.8 Å². The molecule has 11 heteroatoms. The number of nitrogens with one attached hydrogen (secondary N) is 3. The molecule has 3 N–H and O–H groups in total. The maximum atomic E-state index is 12.8. The standard InChI is InChI=1S/C22H29N3O8/c1-21(2)30-14-15(31-21)17-20(33-22(3,4)32-17)29-16(14)19(28)25-24-13(26)10-11-23-18(27)12-8-6-5-7-9-12/h5-9,14-17,20H,10-11H2,1-4H3,(H,23,27)(H,24,26)(H,25,28)/t14-,15-,16+,17-,20+/m1/s1. The fourth-order valence-corrected chi connectivity index (χ4v) is 4.07. The van der Waals surface area contributed by atoms with Crippen LogP contribution in [0.15, 0.2) is 30.3 Å². The molecule has 0 spiro atoms. The van der Waals surface area contributed by atoms with Gasteiger partial charge in [-0.15, -0.1) is 0 Å². The summed E-state index contributed by atoms with van der Waals surface area (Å²) < 4.78 is 29.4. The molecule has 0 bridgehead atoms. The maximum absolute atomic E-state index is 12.8. The molecule has 3 aliphatic heterocycles. The first-order valence-electron chi connectivity index (χ1n) is 10.8. The van der Waals surface area contributed by atoms with E-state index in [1.54, 1.807) is 52.0 Å². The van der Waals surface area contributed by atoms with Crippen LogP contribution in [-0.2, 0) is 33.3 Å². The van der Waals surface area contributed by atoms with E-state index < -0.39 is 54.1 Å². The van der Waals surface area contributed by atoms with Gasteiger partial charge in [0.2, 0.25) is 5.91 Å². The molecule has 11 nitrogen and oxygen atoms in total. The summed E-state index contributed by atoms with van der Waals surface area (Å²) in [5.74, 6) is -3.22. The van der Waals surface area contributed by atoms with Crippen LogP contribution < -0.4 is 16.2 Å². The van der Waals surface area contributed by atoms with E-state index in [-0.39, 0.29) is 18.9 Å². The molecule has 3 aliphatic rings. The second kappa shape index (κ2) is 8.99. The van der Waals surface area contributed by atoms with E-state index in [4.69, 9.17) is 23.7 Å². The molecule has 3 amide bonds. The smallest absolute Gasteiger partial charge is 0.270 e. The zero-order valence-electron chi connectivity index (χ0n) is 19.0. The Morgan fingerprint density at radius 3 is 2.21 bits per heavy atom. The van der Waals surface area contributed by atoms with Gasteiger partial charge in [0.25, 0.3) is 11.8 Å². The third-order valence-corrected chi connectivity index (χ3v) is 5.41. The number of hydrogen-bond donors (Lipinski definition) is 3. The van der Waals surface area contributed by atoms with Crippen molar-refractivity contribution >= 4 is 17.7 Å². The van der Waals surface area contributed by atoms with E-state index in [2.05, 4.69) is 16.2 Å². The number of carbonyl (C=O) groups excluding carboxylic acids is 3. The third-order valence-electron chi connectivity index (χ3n) is 5.41. The van der Waals surface area contributed by atoms with Crippen molar-refractivity contribution in [3.8, 4) is 0 Å². The van der Waals surface area contributed by atoms with Gasteiger partial charge in [-0.3, -0.25) is 25.2 Å². The summed E-state index contributed by atoms with van der Waals surface area (Å²) in [5.41, 5.74) is 5.18. The molecule has 3 heterocycles. The Balaban J connectivity index is 1.28. The molecule has 1 aromatic rings. The number of carbonyl (C=O) groups is 3. The number of rotatable bonds is 5. The van der Waals surface area contributed by atoms with Gasteiger partial charge in [0.05, 0.1) is 0 Å². The van der Waals surface area contributed by atoms with Gasteiger partial charge < -0.3 is 29.0 Å². The van der Waals surface area contributed by atoms with Crippen LogP contribution in [0.1, 0.15) is 44.5 Å². The van der Waals surface area contributed by atoms with E-state index in [0.717, 1.165) is 0 Å². The summed E-state index contributed by atoms with van der Waals surface area (Å²) in [7, 11) is 0. The predicted molar refractivity (Wildman–Crippen MR) is 112 cm³/mol. The van der Waals surface area contributed by atoms with E-state index in [9.17, 15) is 14.4 Å². The monoisotopic (exact) mass is 463 g/mol. The van der Waals surface area contributed by atoms with Gasteiger partial charge in [0.15, 0.2) is 24.0 Å². The van der Waals surface area contributed by atoms with E-state index in [1.807, 2.05) is 6.07 Å². The van der Waals surface area contributed by atoms with Crippen molar-refractivity contribution in [3.05, 3.63) is 35.9 Å². The Kier molecular flexibility index (Phi) is 6.43. The van der Waals surface area contributed by atoms with Gasteiger partial charge >= 0.3 is 0 Å². The SMILES string of the molecule is CC1(C)O[C@@H]2[C@@H](O1)[C@@H](C(=O)NNC(=O)CCNC(=O)c1ccccc1)O[C@H]1OC(C)(C)O[C@@H]12. The minimum Gasteiger partial charge on any atom is -0.352 e. The van der Waals surface area contributed by atoms with Crippen LogP contribution >= 0.6 is 0 Å². The first-order valence-corrected chi connectivity index (χ1v) is 10.8. The number of fused-ring (bicyclic) bond motifs is 3. The number of ether oxygens (including phenoxy) is 5. The molecule has 0 saturated carbocycles. The second-order valence-corrected chi connectivity index (χ2v) is 9.00. The van der Waals surface area contributed by atoms with Crippen LogP contribution in [0.2, 0.25) is 0 Å². The molecule has 0 aromatic heterocycles. The molecule has 3 fully saturated rings. The Morgan fingerprint density at radius 1 is 0.848 bits per heavy atom. The Bertz CT molecular complexity index is 906. The van der Waals surface area contributed by atoms with Crippen molar-refractivity contribution in [1.29, 1.82) is 0 Å². The largest absolute Gasteiger partial charge is 0.352 e. The van der Waals surface area contributed by atoms with Crippen LogP contribution in [-0.4, -0.2) is 66.5 Å². The van der Waals surface area contributed by atoms with Crippen LogP contribution in [0.5, 0.6) is 0 Å². The molecule has 0 aliphatic carbocycles. The lowest BCUT2D eigenvalue weighted by Crippen LogP contribution is -2.61. The van der Waals surface area contributed by atoms with E-state index in [0.29, 0.717) is 5.56 Å². The zero-order chi connectivity index (χ0) is 23.8. The summed E-state index contributed by atoms with van der Waals surface area (Å²) in [6.07, 6.45) is -3.83. The number of hydrazine groups is 1. The highest BCUT2D eigenvalue weighted by Gasteiger charge is 2.62.